The van der Waals surface area contributed by atoms with Crippen LogP contribution in [-0.2, 0) is 11.3 Å². The molecule has 6 heterocycles. The summed E-state index contributed by atoms with van der Waals surface area (Å²) >= 11 is 1.83. The zero-order chi connectivity index (χ0) is 27.8. The number of benzene rings is 1. The van der Waals surface area contributed by atoms with Crippen LogP contribution in [0.4, 0.5) is 22.0 Å². The molecule has 0 aliphatic carbocycles. The van der Waals surface area contributed by atoms with Crippen molar-refractivity contribution in [3.05, 3.63) is 59.7 Å². The summed E-state index contributed by atoms with van der Waals surface area (Å²) in [5.41, 5.74) is 3.23. The number of nitrogens with zero attached hydrogens (tertiary/aromatic N) is 6. The van der Waals surface area contributed by atoms with Crippen molar-refractivity contribution in [2.24, 2.45) is 0 Å². The molecule has 1 aromatic carbocycles. The molecule has 3 aliphatic heterocycles. The van der Waals surface area contributed by atoms with Gasteiger partial charge in [-0.2, -0.15) is 0 Å². The van der Waals surface area contributed by atoms with Crippen LogP contribution >= 0.6 is 11.3 Å². The highest BCUT2D eigenvalue weighted by molar-refractivity contribution is 7.19. The first-order chi connectivity index (χ1) is 20.1. The van der Waals surface area contributed by atoms with Gasteiger partial charge in [-0.15, -0.1) is 11.3 Å². The van der Waals surface area contributed by atoms with Gasteiger partial charge in [0.1, 0.15) is 0 Å². The van der Waals surface area contributed by atoms with Gasteiger partial charge in [-0.05, 0) is 62.4 Å². The van der Waals surface area contributed by atoms with E-state index < -0.39 is 0 Å². The van der Waals surface area contributed by atoms with Crippen LogP contribution in [0.5, 0.6) is 0 Å². The third-order valence-corrected chi connectivity index (χ3v) is 9.15. The fourth-order valence-corrected chi connectivity index (χ4v) is 6.99. The second-order valence-electron chi connectivity index (χ2n) is 11.1. The number of nitrogens with one attached hydrogen (secondary N) is 2. The lowest BCUT2D eigenvalue weighted by molar-refractivity contribution is 0.0303. The molecular formula is C30H34N8O2S. The predicted molar refractivity (Wildman–Crippen MR) is 163 cm³/mol. The van der Waals surface area contributed by atoms with Gasteiger partial charge in [0.25, 0.3) is 0 Å². The highest BCUT2D eigenvalue weighted by atomic mass is 32.1. The Morgan fingerprint density at radius 2 is 1.76 bits per heavy atom. The number of hydrogen-bond acceptors (Lipinski definition) is 9. The summed E-state index contributed by atoms with van der Waals surface area (Å²) in [5.74, 6) is 1.71. The number of thiophene rings is 1. The minimum absolute atomic E-state index is 0.273. The van der Waals surface area contributed by atoms with E-state index in [1.165, 1.54) is 4.88 Å². The van der Waals surface area contributed by atoms with Crippen molar-refractivity contribution in [1.29, 1.82) is 0 Å². The third kappa shape index (κ3) is 5.89. The van der Waals surface area contributed by atoms with Crippen LogP contribution in [0.2, 0.25) is 0 Å². The molecule has 3 aromatic heterocycles. The molecule has 0 radical (unpaired) electrons. The van der Waals surface area contributed by atoms with Crippen molar-refractivity contribution in [2.75, 3.05) is 61.8 Å². The highest BCUT2D eigenvalue weighted by Crippen LogP contribution is 2.38. The maximum absolute atomic E-state index is 12.4. The van der Waals surface area contributed by atoms with Crippen molar-refractivity contribution in [3.63, 3.8) is 0 Å². The Morgan fingerprint density at radius 3 is 2.49 bits per heavy atom. The third-order valence-electron chi connectivity index (χ3n) is 8.04. The van der Waals surface area contributed by atoms with Crippen molar-refractivity contribution in [3.8, 4) is 11.4 Å². The summed E-state index contributed by atoms with van der Waals surface area (Å²) in [5, 5.41) is 5.67. The lowest BCUT2D eigenvalue weighted by Crippen LogP contribution is -2.43. The summed E-state index contributed by atoms with van der Waals surface area (Å²) in [4.78, 5) is 35.3. The van der Waals surface area contributed by atoms with Gasteiger partial charge in [-0.1, -0.05) is 0 Å². The second-order valence-corrected chi connectivity index (χ2v) is 12.3. The van der Waals surface area contributed by atoms with E-state index in [0.717, 1.165) is 80.3 Å². The number of likely N-dealkylation sites (N-methyl/N-ethyl adjacent to an activating group) is 1. The maximum Gasteiger partial charge on any atom is 0.323 e. The lowest BCUT2D eigenvalue weighted by atomic mass is 10.2. The first-order valence-corrected chi connectivity index (χ1v) is 15.1. The molecule has 2 N–H and O–H groups in total. The molecule has 2 unspecified atom stereocenters. The first-order valence-electron chi connectivity index (χ1n) is 14.3. The standard InChI is InChI=1S/C30H34N8O2S/c1-36-11-13-37(14-12-36)19-25-15-26-27(41-25)29(38-17-23-8-9-24(18-38)40-23)35-28(34-26)20-4-6-21(7-5-20)32-30(39)33-22-3-2-10-31-16-22/h2-7,10,15-16,23-24H,8-9,11-14,17-19H2,1H3,(H2,32,33,39). The topological polar surface area (TPSA) is 98.8 Å². The Labute approximate surface area is 243 Å². The van der Waals surface area contributed by atoms with E-state index in [1.807, 2.05) is 35.6 Å². The molecule has 11 heteroatoms. The van der Waals surface area contributed by atoms with Crippen molar-refractivity contribution in [1.82, 2.24) is 24.8 Å². The molecule has 2 bridgehead atoms. The SMILES string of the molecule is CN1CCN(Cc2cc3nc(-c4ccc(NC(=O)Nc5cccnc5)cc4)nc(N4CC5CCC(C4)O5)c3s2)CC1. The number of carbonyl (C=O) groups is 1. The molecule has 3 aliphatic rings. The Hall–Kier alpha value is -3.64. The second kappa shape index (κ2) is 11.3. The van der Waals surface area contributed by atoms with Crippen molar-refractivity contribution in [2.45, 2.75) is 31.6 Å². The minimum atomic E-state index is -0.321. The van der Waals surface area contributed by atoms with E-state index >= 15 is 0 Å². The average Bonchev–Trinajstić information content (AvgIpc) is 3.55. The van der Waals surface area contributed by atoms with Crippen LogP contribution < -0.4 is 15.5 Å². The Morgan fingerprint density at radius 1 is 1.00 bits per heavy atom. The summed E-state index contributed by atoms with van der Waals surface area (Å²) in [6.45, 7) is 7.05. The number of aromatic nitrogens is 3. The number of fused-ring (bicyclic) bond motifs is 3. The van der Waals surface area contributed by atoms with Gasteiger partial charge in [0.15, 0.2) is 11.6 Å². The van der Waals surface area contributed by atoms with E-state index in [9.17, 15) is 4.79 Å². The van der Waals surface area contributed by atoms with Gasteiger partial charge < -0.3 is 25.2 Å². The number of rotatable bonds is 6. The van der Waals surface area contributed by atoms with Crippen LogP contribution in [0.25, 0.3) is 21.6 Å². The van der Waals surface area contributed by atoms with Gasteiger partial charge in [0.2, 0.25) is 0 Å². The minimum Gasteiger partial charge on any atom is -0.371 e. The number of piperazine rings is 1. The molecule has 4 aromatic rings. The van der Waals surface area contributed by atoms with Crippen molar-refractivity contribution >= 4 is 44.8 Å². The Balaban J connectivity index is 1.15. The maximum atomic E-state index is 12.4. The molecule has 3 saturated heterocycles. The molecule has 2 amide bonds. The van der Waals surface area contributed by atoms with Gasteiger partial charge in [-0.3, -0.25) is 9.88 Å². The predicted octanol–water partition coefficient (Wildman–Crippen LogP) is 4.51. The number of hydrogen-bond donors (Lipinski definition) is 2. The summed E-state index contributed by atoms with van der Waals surface area (Å²) in [7, 11) is 2.19. The molecule has 10 nitrogen and oxygen atoms in total. The monoisotopic (exact) mass is 570 g/mol. The summed E-state index contributed by atoms with van der Waals surface area (Å²) in [6, 6.07) is 13.2. The number of ether oxygens (including phenoxy) is 1. The van der Waals surface area contributed by atoms with Crippen LogP contribution in [0, 0.1) is 0 Å². The van der Waals surface area contributed by atoms with Crippen LogP contribution in [0.15, 0.2) is 54.9 Å². The summed E-state index contributed by atoms with van der Waals surface area (Å²) in [6.07, 6.45) is 6.05. The normalized spacial score (nSPS) is 21.3. The number of anilines is 3. The number of amides is 2. The van der Waals surface area contributed by atoms with Gasteiger partial charge >= 0.3 is 6.03 Å². The molecule has 212 valence electrons. The number of urea groups is 1. The number of morpholine rings is 1. The van der Waals surface area contributed by atoms with E-state index in [2.05, 4.69) is 43.4 Å². The van der Waals surface area contributed by atoms with E-state index in [4.69, 9.17) is 14.7 Å². The van der Waals surface area contributed by atoms with E-state index in [-0.39, 0.29) is 18.2 Å². The molecular weight excluding hydrogens is 536 g/mol. The molecule has 3 fully saturated rings. The lowest BCUT2D eigenvalue weighted by Gasteiger charge is -2.33. The van der Waals surface area contributed by atoms with Gasteiger partial charge in [0.05, 0.1) is 34.3 Å². The molecule has 0 saturated carbocycles. The largest absolute Gasteiger partial charge is 0.371 e. The summed E-state index contributed by atoms with van der Waals surface area (Å²) < 4.78 is 7.29. The molecule has 2 atom stereocenters. The Bertz CT molecular complexity index is 1510. The van der Waals surface area contributed by atoms with E-state index in [1.54, 1.807) is 24.5 Å². The zero-order valence-electron chi connectivity index (χ0n) is 23.1. The zero-order valence-corrected chi connectivity index (χ0v) is 23.9. The quantitative estimate of drug-likeness (QED) is 0.350. The first kappa shape index (κ1) is 26.3. The smallest absolute Gasteiger partial charge is 0.323 e. The fourth-order valence-electron chi connectivity index (χ4n) is 5.83. The van der Waals surface area contributed by atoms with Crippen LogP contribution in [0.3, 0.4) is 0 Å². The van der Waals surface area contributed by atoms with Crippen LogP contribution in [-0.4, -0.2) is 89.3 Å². The van der Waals surface area contributed by atoms with E-state index in [0.29, 0.717) is 17.2 Å². The fraction of sp³-hybridized carbons (Fsp3) is 0.400. The number of carbonyl (C=O) groups excluding carboxylic acids is 1. The van der Waals surface area contributed by atoms with Gasteiger partial charge in [0, 0.05) is 68.1 Å². The average molecular weight is 571 g/mol. The van der Waals surface area contributed by atoms with Crippen molar-refractivity contribution < 1.29 is 9.53 Å². The Kier molecular flexibility index (Phi) is 7.26. The molecule has 0 spiro atoms. The number of pyridine rings is 1. The highest BCUT2D eigenvalue weighted by Gasteiger charge is 2.35. The molecule has 41 heavy (non-hydrogen) atoms. The van der Waals surface area contributed by atoms with Crippen LogP contribution in [0.1, 0.15) is 17.7 Å². The molecule has 7 rings (SSSR count). The van der Waals surface area contributed by atoms with Gasteiger partial charge in [-0.25, -0.2) is 14.8 Å².